The summed E-state index contributed by atoms with van der Waals surface area (Å²) in [4.78, 5) is 9.20. The predicted molar refractivity (Wildman–Crippen MR) is 100.0 cm³/mol. The van der Waals surface area contributed by atoms with Crippen molar-refractivity contribution >= 4 is 44.9 Å². The van der Waals surface area contributed by atoms with E-state index in [2.05, 4.69) is 15.3 Å². The summed E-state index contributed by atoms with van der Waals surface area (Å²) in [6.07, 6.45) is 0. The number of pyridine rings is 2. The number of benzene rings is 2. The number of aromatic nitrogens is 2. The molecule has 0 atom stereocenters. The van der Waals surface area contributed by atoms with E-state index in [0.29, 0.717) is 16.4 Å². The number of phenols is 1. The number of hydrogen-bond donors (Lipinski definition) is 2. The molecule has 0 aliphatic carbocycles. The monoisotopic (exact) mass is 351 g/mol. The molecule has 0 unspecified atom stereocenters. The minimum atomic E-state index is 0.210. The van der Waals surface area contributed by atoms with Crippen molar-refractivity contribution in [2.75, 3.05) is 12.4 Å². The van der Waals surface area contributed by atoms with Crippen LogP contribution in [0.1, 0.15) is 0 Å². The van der Waals surface area contributed by atoms with E-state index in [4.69, 9.17) is 16.3 Å². The van der Waals surface area contributed by atoms with Crippen molar-refractivity contribution in [2.45, 2.75) is 0 Å². The van der Waals surface area contributed by atoms with Crippen LogP contribution in [0.15, 0.2) is 54.6 Å². The first-order valence-electron chi connectivity index (χ1n) is 7.64. The lowest BCUT2D eigenvalue weighted by Crippen LogP contribution is -1.98. The Bertz CT molecular complexity index is 1080. The molecule has 4 aromatic rings. The molecule has 25 heavy (non-hydrogen) atoms. The first-order chi connectivity index (χ1) is 12.1. The molecule has 124 valence electrons. The van der Waals surface area contributed by atoms with Gasteiger partial charge in [0.2, 0.25) is 5.88 Å². The van der Waals surface area contributed by atoms with Crippen molar-refractivity contribution in [2.24, 2.45) is 0 Å². The second-order valence-electron chi connectivity index (χ2n) is 5.54. The fourth-order valence-electron chi connectivity index (χ4n) is 2.70. The molecule has 0 saturated carbocycles. The van der Waals surface area contributed by atoms with Crippen LogP contribution in [0.2, 0.25) is 5.02 Å². The van der Waals surface area contributed by atoms with Gasteiger partial charge in [0.15, 0.2) is 0 Å². The Kier molecular flexibility index (Phi) is 3.78. The average Bonchev–Trinajstić information content (AvgIpc) is 2.62. The Morgan fingerprint density at radius 2 is 1.76 bits per heavy atom. The molecule has 0 aliphatic rings. The topological polar surface area (TPSA) is 67.3 Å². The smallest absolute Gasteiger partial charge is 0.213 e. The van der Waals surface area contributed by atoms with Crippen LogP contribution in [-0.4, -0.2) is 22.2 Å². The molecule has 0 amide bonds. The number of aromatic hydroxyl groups is 1. The van der Waals surface area contributed by atoms with Crippen LogP contribution in [0.5, 0.6) is 11.6 Å². The van der Waals surface area contributed by atoms with Gasteiger partial charge in [-0.1, -0.05) is 11.6 Å². The number of fused-ring (bicyclic) bond motifs is 2. The zero-order valence-corrected chi connectivity index (χ0v) is 14.1. The van der Waals surface area contributed by atoms with E-state index in [1.165, 1.54) is 0 Å². The third kappa shape index (κ3) is 2.90. The van der Waals surface area contributed by atoms with Gasteiger partial charge in [-0.25, -0.2) is 9.97 Å². The van der Waals surface area contributed by atoms with Gasteiger partial charge in [-0.15, -0.1) is 0 Å². The Balaban J connectivity index is 1.99. The SMILES string of the molecule is COc1ccc2nc3cc(Cl)ccc3c(Nc3ccc(O)cc3)c2n1. The molecule has 0 saturated heterocycles. The molecule has 2 aromatic heterocycles. The van der Waals surface area contributed by atoms with Crippen molar-refractivity contribution in [1.29, 1.82) is 0 Å². The van der Waals surface area contributed by atoms with Gasteiger partial charge in [-0.05, 0) is 48.5 Å². The van der Waals surface area contributed by atoms with E-state index < -0.39 is 0 Å². The molecule has 5 nitrogen and oxygen atoms in total. The van der Waals surface area contributed by atoms with Crippen molar-refractivity contribution in [3.63, 3.8) is 0 Å². The molecule has 0 radical (unpaired) electrons. The number of anilines is 2. The molecule has 2 heterocycles. The van der Waals surface area contributed by atoms with Crippen LogP contribution in [0.4, 0.5) is 11.4 Å². The average molecular weight is 352 g/mol. The summed E-state index contributed by atoms with van der Waals surface area (Å²) >= 11 is 6.12. The Hall–Kier alpha value is -3.05. The molecule has 2 N–H and O–H groups in total. The lowest BCUT2D eigenvalue weighted by atomic mass is 10.1. The molecule has 0 bridgehead atoms. The number of halogens is 1. The van der Waals surface area contributed by atoms with Crippen LogP contribution in [0, 0.1) is 0 Å². The summed E-state index contributed by atoms with van der Waals surface area (Å²) in [5.41, 5.74) is 3.83. The van der Waals surface area contributed by atoms with Gasteiger partial charge in [0.25, 0.3) is 0 Å². The normalized spacial score (nSPS) is 11.0. The van der Waals surface area contributed by atoms with Gasteiger partial charge in [-0.3, -0.25) is 0 Å². The number of methoxy groups -OCH3 is 1. The Morgan fingerprint density at radius 3 is 2.52 bits per heavy atom. The Labute approximate surface area is 148 Å². The molecule has 2 aromatic carbocycles. The van der Waals surface area contributed by atoms with Gasteiger partial charge in [0, 0.05) is 22.2 Å². The quantitative estimate of drug-likeness (QED) is 0.406. The molecule has 6 heteroatoms. The molecular weight excluding hydrogens is 338 g/mol. The first-order valence-corrected chi connectivity index (χ1v) is 8.02. The minimum absolute atomic E-state index is 0.210. The van der Waals surface area contributed by atoms with Crippen molar-refractivity contribution in [3.05, 3.63) is 59.6 Å². The second-order valence-corrected chi connectivity index (χ2v) is 5.98. The van der Waals surface area contributed by atoms with E-state index in [0.717, 1.165) is 27.8 Å². The third-order valence-electron chi connectivity index (χ3n) is 3.90. The highest BCUT2D eigenvalue weighted by Gasteiger charge is 2.12. The first kappa shape index (κ1) is 15.5. The summed E-state index contributed by atoms with van der Waals surface area (Å²) in [5, 5.41) is 14.4. The van der Waals surface area contributed by atoms with Crippen LogP contribution < -0.4 is 10.1 Å². The maximum Gasteiger partial charge on any atom is 0.213 e. The fourth-order valence-corrected chi connectivity index (χ4v) is 2.87. The molecule has 4 rings (SSSR count). The number of rotatable bonds is 3. The minimum Gasteiger partial charge on any atom is -0.508 e. The van der Waals surface area contributed by atoms with E-state index >= 15 is 0 Å². The second kappa shape index (κ2) is 6.11. The fraction of sp³-hybridized carbons (Fsp3) is 0.0526. The largest absolute Gasteiger partial charge is 0.508 e. The van der Waals surface area contributed by atoms with E-state index in [1.807, 2.05) is 24.3 Å². The highest BCUT2D eigenvalue weighted by Crippen LogP contribution is 2.34. The van der Waals surface area contributed by atoms with Crippen molar-refractivity contribution in [1.82, 2.24) is 9.97 Å². The standard InChI is InChI=1S/C19H14ClN3O2/c1-25-17-9-8-15-19(23-17)18(21-12-3-5-13(24)6-4-12)14-7-2-11(20)10-16(14)22-15/h2-10,24H,1H3,(H,21,22). The van der Waals surface area contributed by atoms with Gasteiger partial charge in [-0.2, -0.15) is 0 Å². The number of nitrogens with zero attached hydrogens (tertiary/aromatic N) is 2. The zero-order valence-electron chi connectivity index (χ0n) is 13.3. The summed E-state index contributed by atoms with van der Waals surface area (Å²) < 4.78 is 5.25. The van der Waals surface area contributed by atoms with E-state index in [1.54, 1.807) is 37.4 Å². The van der Waals surface area contributed by atoms with Gasteiger partial charge >= 0.3 is 0 Å². The molecule has 0 spiro atoms. The number of hydrogen-bond acceptors (Lipinski definition) is 5. The number of phenolic OH excluding ortho intramolecular Hbond substituents is 1. The number of ether oxygens (including phenoxy) is 1. The summed E-state index contributed by atoms with van der Waals surface area (Å²) in [5.74, 6) is 0.720. The van der Waals surface area contributed by atoms with Crippen molar-refractivity contribution in [3.8, 4) is 11.6 Å². The van der Waals surface area contributed by atoms with Crippen LogP contribution in [0.3, 0.4) is 0 Å². The molecule has 0 aliphatic heterocycles. The van der Waals surface area contributed by atoms with Crippen LogP contribution >= 0.6 is 11.6 Å². The lowest BCUT2D eigenvalue weighted by Gasteiger charge is -2.13. The van der Waals surface area contributed by atoms with Gasteiger partial charge < -0.3 is 15.2 Å². The number of nitrogens with one attached hydrogen (secondary N) is 1. The maximum absolute atomic E-state index is 9.48. The third-order valence-corrected chi connectivity index (χ3v) is 4.14. The summed E-state index contributed by atoms with van der Waals surface area (Å²) in [6, 6.07) is 16.0. The molecule has 0 fully saturated rings. The Morgan fingerprint density at radius 1 is 0.960 bits per heavy atom. The predicted octanol–water partition coefficient (Wildman–Crippen LogP) is 4.89. The lowest BCUT2D eigenvalue weighted by molar-refractivity contribution is 0.399. The molecular formula is C19H14ClN3O2. The van der Waals surface area contributed by atoms with E-state index in [-0.39, 0.29) is 5.75 Å². The summed E-state index contributed by atoms with van der Waals surface area (Å²) in [6.45, 7) is 0. The zero-order chi connectivity index (χ0) is 17.4. The van der Waals surface area contributed by atoms with E-state index in [9.17, 15) is 5.11 Å². The van der Waals surface area contributed by atoms with Crippen LogP contribution in [0.25, 0.3) is 21.9 Å². The van der Waals surface area contributed by atoms with Crippen molar-refractivity contribution < 1.29 is 9.84 Å². The highest BCUT2D eigenvalue weighted by atomic mass is 35.5. The summed E-state index contributed by atoms with van der Waals surface area (Å²) in [7, 11) is 1.58. The maximum atomic E-state index is 9.48. The van der Waals surface area contributed by atoms with Crippen LogP contribution in [-0.2, 0) is 0 Å². The van der Waals surface area contributed by atoms with Gasteiger partial charge in [0.1, 0.15) is 11.3 Å². The highest BCUT2D eigenvalue weighted by molar-refractivity contribution is 6.31. The van der Waals surface area contributed by atoms with Gasteiger partial charge in [0.05, 0.1) is 23.8 Å².